The average Bonchev–Trinajstić information content (AvgIpc) is 3.42. The third kappa shape index (κ3) is 6.29. The summed E-state index contributed by atoms with van der Waals surface area (Å²) < 4.78 is 28.3. The molecular formula is C28H27Cl2NO6. The third-order valence-electron chi connectivity index (χ3n) is 6.03. The van der Waals surface area contributed by atoms with Crippen LogP contribution >= 0.6 is 23.2 Å². The first-order valence-electron chi connectivity index (χ1n) is 11.7. The predicted molar refractivity (Wildman–Crippen MR) is 143 cm³/mol. The number of carbonyl (C=O) groups excluding carboxylic acids is 1. The lowest BCUT2D eigenvalue weighted by Gasteiger charge is -2.17. The van der Waals surface area contributed by atoms with E-state index < -0.39 is 5.97 Å². The van der Waals surface area contributed by atoms with E-state index in [1.165, 1.54) is 19.5 Å². The second kappa shape index (κ2) is 12.2. The molecule has 37 heavy (non-hydrogen) atoms. The summed E-state index contributed by atoms with van der Waals surface area (Å²) in [6, 6.07) is 10.1. The Morgan fingerprint density at radius 2 is 1.41 bits per heavy atom. The van der Waals surface area contributed by atoms with Gasteiger partial charge in [0.15, 0.2) is 23.0 Å². The lowest BCUT2D eigenvalue weighted by Crippen LogP contribution is -2.12. The fourth-order valence-corrected chi connectivity index (χ4v) is 4.57. The van der Waals surface area contributed by atoms with Gasteiger partial charge in [0.05, 0.1) is 43.0 Å². The molecule has 7 nitrogen and oxygen atoms in total. The summed E-state index contributed by atoms with van der Waals surface area (Å²) in [6.07, 6.45) is 8.79. The lowest BCUT2D eigenvalue weighted by molar-refractivity contribution is 0.0692. The summed E-state index contributed by atoms with van der Waals surface area (Å²) in [7, 11) is 4.63. The highest BCUT2D eigenvalue weighted by Gasteiger charge is 2.21. The monoisotopic (exact) mass is 543 g/mol. The van der Waals surface area contributed by atoms with Gasteiger partial charge in [-0.05, 0) is 68.2 Å². The summed E-state index contributed by atoms with van der Waals surface area (Å²) in [5.74, 6) is 1.65. The van der Waals surface area contributed by atoms with Crippen LogP contribution in [0.1, 0.15) is 47.2 Å². The van der Waals surface area contributed by atoms with Crippen molar-refractivity contribution in [2.75, 3.05) is 21.3 Å². The topological polar surface area (TPSA) is 76.1 Å². The van der Waals surface area contributed by atoms with Gasteiger partial charge in [0, 0.05) is 23.5 Å². The van der Waals surface area contributed by atoms with Crippen molar-refractivity contribution in [3.63, 3.8) is 0 Å². The van der Waals surface area contributed by atoms with Crippen LogP contribution in [0.15, 0.2) is 48.8 Å². The highest BCUT2D eigenvalue weighted by molar-refractivity contribution is 6.37. The Morgan fingerprint density at radius 1 is 0.838 bits per heavy atom. The fourth-order valence-electron chi connectivity index (χ4n) is 4.09. The number of rotatable bonds is 9. The number of aromatic nitrogens is 1. The molecule has 1 aliphatic rings. The molecule has 194 valence electrons. The Labute approximate surface area is 225 Å². The summed E-state index contributed by atoms with van der Waals surface area (Å²) in [6.45, 7) is 0. The number of nitrogens with zero attached hydrogens (tertiary/aromatic N) is 1. The number of hydrogen-bond acceptors (Lipinski definition) is 7. The van der Waals surface area contributed by atoms with Gasteiger partial charge in [-0.3, -0.25) is 4.98 Å². The SMILES string of the molecule is COc1ccc(/C(=C\c2c(Cl)cncc2Cl)OC(=O)c2ccc(OC)c(OC3CCCC3)c2)cc1OC. The fraction of sp³-hybridized carbons (Fsp3) is 0.286. The molecule has 9 heteroatoms. The largest absolute Gasteiger partial charge is 0.493 e. The molecule has 1 aliphatic carbocycles. The summed E-state index contributed by atoms with van der Waals surface area (Å²) in [5.41, 5.74) is 1.30. The zero-order chi connectivity index (χ0) is 26.4. The van der Waals surface area contributed by atoms with E-state index >= 15 is 0 Å². The zero-order valence-electron chi connectivity index (χ0n) is 20.8. The molecule has 0 aliphatic heterocycles. The molecule has 0 N–H and O–H groups in total. The molecule has 0 saturated heterocycles. The van der Waals surface area contributed by atoms with Gasteiger partial charge >= 0.3 is 5.97 Å². The molecule has 4 rings (SSSR count). The van der Waals surface area contributed by atoms with Gasteiger partial charge in [-0.25, -0.2) is 4.79 Å². The van der Waals surface area contributed by atoms with Crippen LogP contribution in [0.3, 0.4) is 0 Å². The quantitative estimate of drug-likeness (QED) is 0.210. The molecule has 0 spiro atoms. The van der Waals surface area contributed by atoms with Gasteiger partial charge in [-0.2, -0.15) is 0 Å². The smallest absolute Gasteiger partial charge is 0.343 e. The van der Waals surface area contributed by atoms with Crippen molar-refractivity contribution in [1.82, 2.24) is 4.98 Å². The van der Waals surface area contributed by atoms with Crippen molar-refractivity contribution < 1.29 is 28.5 Å². The molecule has 1 fully saturated rings. The standard InChI is InChI=1S/C28H27Cl2NO6/c1-33-23-10-8-17(12-26(23)35-3)25(14-20-21(29)15-31-16-22(20)30)37-28(32)18-9-11-24(34-2)27(13-18)36-19-6-4-5-7-19/h8-16,19H,4-7H2,1-3H3/b25-14+. The van der Waals surface area contributed by atoms with Crippen LogP contribution in [0, 0.1) is 0 Å². The number of carbonyl (C=O) groups is 1. The van der Waals surface area contributed by atoms with E-state index in [0.717, 1.165) is 25.7 Å². The predicted octanol–water partition coefficient (Wildman–Crippen LogP) is 7.09. The van der Waals surface area contributed by atoms with Crippen LogP contribution in [0.25, 0.3) is 11.8 Å². The number of halogens is 2. The molecule has 0 radical (unpaired) electrons. The highest BCUT2D eigenvalue weighted by atomic mass is 35.5. The Kier molecular flexibility index (Phi) is 8.79. The first kappa shape index (κ1) is 26.6. The van der Waals surface area contributed by atoms with Crippen LogP contribution in [0.2, 0.25) is 10.0 Å². The van der Waals surface area contributed by atoms with Gasteiger partial charge in [0.25, 0.3) is 0 Å². The van der Waals surface area contributed by atoms with E-state index in [2.05, 4.69) is 4.98 Å². The lowest BCUT2D eigenvalue weighted by atomic mass is 10.1. The number of ether oxygens (including phenoxy) is 5. The second-order valence-electron chi connectivity index (χ2n) is 8.37. The van der Waals surface area contributed by atoms with Gasteiger partial charge in [-0.15, -0.1) is 0 Å². The van der Waals surface area contributed by atoms with Crippen molar-refractivity contribution in [3.05, 3.63) is 75.5 Å². The molecule has 1 saturated carbocycles. The molecule has 1 heterocycles. The molecule has 2 aromatic carbocycles. The maximum Gasteiger partial charge on any atom is 0.343 e. The molecule has 3 aromatic rings. The van der Waals surface area contributed by atoms with E-state index in [-0.39, 0.29) is 11.9 Å². The Hall–Kier alpha value is -3.42. The van der Waals surface area contributed by atoms with Crippen molar-refractivity contribution in [2.45, 2.75) is 31.8 Å². The minimum absolute atomic E-state index is 0.0957. The molecule has 1 aromatic heterocycles. The van der Waals surface area contributed by atoms with E-state index in [1.807, 2.05) is 0 Å². The highest BCUT2D eigenvalue weighted by Crippen LogP contribution is 2.36. The number of benzene rings is 2. The van der Waals surface area contributed by atoms with Gasteiger partial charge < -0.3 is 23.7 Å². The van der Waals surface area contributed by atoms with Crippen LogP contribution < -0.4 is 18.9 Å². The van der Waals surface area contributed by atoms with E-state index in [0.29, 0.717) is 49.7 Å². The third-order valence-corrected chi connectivity index (χ3v) is 6.63. The Morgan fingerprint density at radius 3 is 2.03 bits per heavy atom. The van der Waals surface area contributed by atoms with Crippen LogP contribution in [0.5, 0.6) is 23.0 Å². The summed E-state index contributed by atoms with van der Waals surface area (Å²) in [4.78, 5) is 17.3. The van der Waals surface area contributed by atoms with Crippen LogP contribution in [-0.2, 0) is 4.74 Å². The van der Waals surface area contributed by atoms with Gasteiger partial charge in [0.2, 0.25) is 0 Å². The zero-order valence-corrected chi connectivity index (χ0v) is 22.3. The van der Waals surface area contributed by atoms with Crippen LogP contribution in [0.4, 0.5) is 0 Å². The normalized spacial score (nSPS) is 13.8. The van der Waals surface area contributed by atoms with Gasteiger partial charge in [0.1, 0.15) is 5.76 Å². The average molecular weight is 544 g/mol. The Balaban J connectivity index is 1.71. The maximum absolute atomic E-state index is 13.4. The number of esters is 1. The minimum atomic E-state index is -0.596. The molecule has 0 unspecified atom stereocenters. The molecule has 0 atom stereocenters. The summed E-state index contributed by atoms with van der Waals surface area (Å²) >= 11 is 12.7. The van der Waals surface area contributed by atoms with E-state index in [9.17, 15) is 4.79 Å². The number of hydrogen-bond donors (Lipinski definition) is 0. The van der Waals surface area contributed by atoms with Crippen LogP contribution in [-0.4, -0.2) is 38.4 Å². The molecule has 0 bridgehead atoms. The Bertz CT molecular complexity index is 1280. The van der Waals surface area contributed by atoms with Crippen molar-refractivity contribution >= 4 is 41.0 Å². The molecular weight excluding hydrogens is 517 g/mol. The second-order valence-corrected chi connectivity index (χ2v) is 9.19. The van der Waals surface area contributed by atoms with Gasteiger partial charge in [-0.1, -0.05) is 23.2 Å². The van der Waals surface area contributed by atoms with E-state index in [1.54, 1.807) is 56.7 Å². The van der Waals surface area contributed by atoms with Crippen molar-refractivity contribution in [2.24, 2.45) is 0 Å². The number of pyridine rings is 1. The first-order chi connectivity index (χ1) is 17.9. The number of methoxy groups -OCH3 is 3. The van der Waals surface area contributed by atoms with Crippen molar-refractivity contribution in [3.8, 4) is 23.0 Å². The maximum atomic E-state index is 13.4. The minimum Gasteiger partial charge on any atom is -0.493 e. The van der Waals surface area contributed by atoms with E-state index in [4.69, 9.17) is 46.9 Å². The van der Waals surface area contributed by atoms with Crippen molar-refractivity contribution in [1.29, 1.82) is 0 Å². The summed E-state index contributed by atoms with van der Waals surface area (Å²) in [5, 5.41) is 0.608. The first-order valence-corrected chi connectivity index (χ1v) is 12.5. The molecule has 0 amide bonds.